The lowest BCUT2D eigenvalue weighted by Gasteiger charge is -2.38. The molecule has 3 aliphatic rings. The van der Waals surface area contributed by atoms with Gasteiger partial charge in [0.25, 0.3) is 0 Å². The van der Waals surface area contributed by atoms with Crippen LogP contribution >= 0.6 is 19.8 Å². The van der Waals surface area contributed by atoms with Crippen LogP contribution in [-0.4, -0.2) is 59.4 Å². The van der Waals surface area contributed by atoms with E-state index in [2.05, 4.69) is 9.97 Å². The number of halogens is 3. The molecular formula is C23H32F3N2O7PS. The van der Waals surface area contributed by atoms with Crippen LogP contribution in [0.5, 0.6) is 0 Å². The number of nitrogens with one attached hydrogen (secondary N) is 1. The number of aliphatic hydroxyl groups is 3. The Bertz CT molecular complexity index is 1190. The molecule has 9 nitrogen and oxygen atoms in total. The maximum atomic E-state index is 13.0. The first kappa shape index (κ1) is 30.1. The van der Waals surface area contributed by atoms with Crippen LogP contribution in [0.2, 0.25) is 0 Å². The lowest BCUT2D eigenvalue weighted by Crippen LogP contribution is -2.40. The first-order chi connectivity index (χ1) is 17.0. The molecule has 0 aliphatic carbocycles. The van der Waals surface area contributed by atoms with Gasteiger partial charge in [-0.05, 0) is 44.4 Å². The Morgan fingerprint density at radius 1 is 1.16 bits per heavy atom. The van der Waals surface area contributed by atoms with Crippen molar-refractivity contribution in [3.63, 3.8) is 0 Å². The zero-order valence-corrected chi connectivity index (χ0v) is 22.5. The van der Waals surface area contributed by atoms with E-state index in [-0.39, 0.29) is 47.3 Å². The Balaban J connectivity index is 1.88. The van der Waals surface area contributed by atoms with Crippen molar-refractivity contribution < 1.29 is 47.2 Å². The van der Waals surface area contributed by atoms with Crippen LogP contribution in [-0.2, 0) is 20.0 Å². The van der Waals surface area contributed by atoms with E-state index in [1.807, 2.05) is 0 Å². The second kappa shape index (κ2) is 10.6. The van der Waals surface area contributed by atoms with Crippen molar-refractivity contribution in [3.8, 4) is 11.4 Å². The van der Waals surface area contributed by atoms with Gasteiger partial charge in [0.1, 0.15) is 34.5 Å². The first-order valence-electron chi connectivity index (χ1n) is 11.9. The van der Waals surface area contributed by atoms with Crippen molar-refractivity contribution in [1.29, 1.82) is 0 Å². The normalized spacial score (nSPS) is 26.2. The molecule has 0 aromatic heterocycles. The number of ether oxygens (including phenoxy) is 1. The predicted octanol–water partition coefficient (Wildman–Crippen LogP) is 4.69. The van der Waals surface area contributed by atoms with Crippen LogP contribution in [0, 0.1) is 4.64 Å². The number of aromatic nitrogens is 2. The average Bonchev–Trinajstić information content (AvgIpc) is 3.09. The molecule has 1 fully saturated rings. The van der Waals surface area contributed by atoms with E-state index in [1.165, 1.54) is 12.1 Å². The molecule has 3 unspecified atom stereocenters. The fraction of sp³-hybridized carbons (Fsp3) is 0.652. The van der Waals surface area contributed by atoms with Gasteiger partial charge in [0.05, 0.1) is 11.7 Å². The SMILES string of the molecule is CCC(C)(C[C@H]1O[C@@H](c2cc3ccc(C(F)(F)F)[nH]c-3nc2=S)[C@@H](O)C1O)OP(=O)(O)C(O)(CC)CC. The van der Waals surface area contributed by atoms with Crippen molar-refractivity contribution in [2.75, 3.05) is 0 Å². The van der Waals surface area contributed by atoms with Crippen molar-refractivity contribution >= 4 is 19.8 Å². The number of hydrogen-bond donors (Lipinski definition) is 5. The van der Waals surface area contributed by atoms with Gasteiger partial charge < -0.3 is 34.5 Å². The molecule has 3 rings (SSSR count). The minimum absolute atomic E-state index is 0.0150. The van der Waals surface area contributed by atoms with Gasteiger partial charge >= 0.3 is 13.8 Å². The van der Waals surface area contributed by atoms with Crippen molar-refractivity contribution in [2.24, 2.45) is 0 Å². The molecule has 0 aromatic carbocycles. The smallest absolute Gasteiger partial charge is 0.388 e. The summed E-state index contributed by atoms with van der Waals surface area (Å²) in [5, 5.41) is 30.1. The van der Waals surface area contributed by atoms with Gasteiger partial charge in [-0.15, -0.1) is 0 Å². The highest BCUT2D eigenvalue weighted by molar-refractivity contribution is 7.71. The third-order valence-corrected chi connectivity index (χ3v) is 9.78. The molecule has 37 heavy (non-hydrogen) atoms. The van der Waals surface area contributed by atoms with E-state index < -0.39 is 54.8 Å². The Morgan fingerprint density at radius 2 is 1.78 bits per heavy atom. The molecule has 6 atom stereocenters. The monoisotopic (exact) mass is 568 g/mol. The Labute approximate surface area is 217 Å². The second-order valence-electron chi connectivity index (χ2n) is 9.58. The molecule has 5 N–H and O–H groups in total. The van der Waals surface area contributed by atoms with E-state index >= 15 is 0 Å². The van der Waals surface area contributed by atoms with Crippen LogP contribution < -0.4 is 0 Å². The highest BCUT2D eigenvalue weighted by Gasteiger charge is 2.51. The summed E-state index contributed by atoms with van der Waals surface area (Å²) in [5.41, 5.74) is -1.83. The summed E-state index contributed by atoms with van der Waals surface area (Å²) in [5.74, 6) is -0.0989. The number of aromatic amines is 1. The number of pyridine rings is 2. The van der Waals surface area contributed by atoms with Gasteiger partial charge in [-0.2, -0.15) is 13.2 Å². The summed E-state index contributed by atoms with van der Waals surface area (Å²) in [4.78, 5) is 16.8. The number of alkyl halides is 3. The molecule has 0 saturated carbocycles. The number of hydrogen-bond acceptors (Lipinski definition) is 8. The minimum atomic E-state index is -4.60. The lowest BCUT2D eigenvalue weighted by molar-refractivity contribution is -0.141. The summed E-state index contributed by atoms with van der Waals surface area (Å²) in [6.45, 7) is 6.37. The van der Waals surface area contributed by atoms with E-state index in [0.717, 1.165) is 6.07 Å². The van der Waals surface area contributed by atoms with Crippen LogP contribution in [0.25, 0.3) is 11.4 Å². The van der Waals surface area contributed by atoms with Crippen LogP contribution in [0.1, 0.15) is 70.7 Å². The van der Waals surface area contributed by atoms with Crippen LogP contribution in [0.3, 0.4) is 0 Å². The largest absolute Gasteiger partial charge is 0.431 e. The molecule has 0 aromatic rings. The molecule has 3 heterocycles. The van der Waals surface area contributed by atoms with Gasteiger partial charge in [0.15, 0.2) is 5.34 Å². The van der Waals surface area contributed by atoms with E-state index in [1.54, 1.807) is 27.7 Å². The van der Waals surface area contributed by atoms with Gasteiger partial charge in [-0.3, -0.25) is 4.57 Å². The number of H-pyrrole nitrogens is 1. The first-order valence-corrected chi connectivity index (χ1v) is 13.9. The van der Waals surface area contributed by atoms with Crippen molar-refractivity contribution in [2.45, 2.75) is 94.9 Å². The van der Waals surface area contributed by atoms with Gasteiger partial charge in [-0.1, -0.05) is 33.0 Å². The molecule has 1 saturated heterocycles. The summed E-state index contributed by atoms with van der Waals surface area (Å²) >= 11 is 5.25. The fourth-order valence-corrected chi connectivity index (χ4v) is 6.38. The number of nitrogens with zero attached hydrogens (tertiary/aromatic N) is 1. The molecule has 0 bridgehead atoms. The Hall–Kier alpha value is -1.44. The number of fused-ring (bicyclic) bond motifs is 1. The van der Waals surface area contributed by atoms with Gasteiger partial charge in [0.2, 0.25) is 0 Å². The fourth-order valence-electron chi connectivity index (χ4n) is 4.35. The lowest BCUT2D eigenvalue weighted by atomic mass is 9.92. The second-order valence-corrected chi connectivity index (χ2v) is 12.0. The highest BCUT2D eigenvalue weighted by atomic mass is 32.1. The summed E-state index contributed by atoms with van der Waals surface area (Å²) in [6, 6.07) is 3.49. The van der Waals surface area contributed by atoms with E-state index in [9.17, 15) is 37.9 Å². The van der Waals surface area contributed by atoms with Crippen LogP contribution in [0.15, 0.2) is 18.2 Å². The molecule has 0 spiro atoms. The standard InChI is InChI=1S/C23H32F3N2O7PS/c1-5-21(4,35-36(32,33)22(31,6-2)7-3)11-14-16(29)17(30)18(34-14)13-10-12-8-9-15(23(24,25)26)27-19(12)28-20(13)37/h8-10,14,16-18,29-31H,5-7,11H2,1-4H3,(H,32,33)(H,27,28,37)/t14-,16?,17+,18+,21?/m1/s1. The molecular weight excluding hydrogens is 536 g/mol. The third kappa shape index (κ3) is 5.94. The van der Waals surface area contributed by atoms with Crippen molar-refractivity contribution in [3.05, 3.63) is 34.1 Å². The Morgan fingerprint density at radius 3 is 2.32 bits per heavy atom. The summed E-state index contributed by atoms with van der Waals surface area (Å²) in [6.07, 6.45) is -9.62. The van der Waals surface area contributed by atoms with E-state index in [4.69, 9.17) is 21.5 Å². The van der Waals surface area contributed by atoms with Gasteiger partial charge in [0, 0.05) is 17.5 Å². The average molecular weight is 569 g/mol. The summed E-state index contributed by atoms with van der Waals surface area (Å²) < 4.78 is 63.4. The number of rotatable bonds is 9. The topological polar surface area (TPSA) is 145 Å². The predicted molar refractivity (Wildman–Crippen MR) is 130 cm³/mol. The van der Waals surface area contributed by atoms with Crippen LogP contribution in [0.4, 0.5) is 13.2 Å². The third-order valence-electron chi connectivity index (χ3n) is 7.09. The molecule has 0 amide bonds. The van der Waals surface area contributed by atoms with Crippen molar-refractivity contribution in [1.82, 2.24) is 9.97 Å². The quantitative estimate of drug-likeness (QED) is 0.215. The zero-order chi connectivity index (χ0) is 28.0. The highest BCUT2D eigenvalue weighted by Crippen LogP contribution is 2.60. The molecule has 208 valence electrons. The minimum Gasteiger partial charge on any atom is -0.388 e. The number of aliphatic hydroxyl groups excluding tert-OH is 2. The molecule has 14 heteroatoms. The van der Waals surface area contributed by atoms with E-state index in [0.29, 0.717) is 0 Å². The Kier molecular flexibility index (Phi) is 8.64. The molecule has 0 radical (unpaired) electrons. The zero-order valence-electron chi connectivity index (χ0n) is 20.8. The summed E-state index contributed by atoms with van der Waals surface area (Å²) in [7, 11) is -4.52. The van der Waals surface area contributed by atoms with Gasteiger partial charge in [-0.25, -0.2) is 4.98 Å². The maximum Gasteiger partial charge on any atom is 0.431 e. The molecule has 3 aliphatic heterocycles. The maximum absolute atomic E-state index is 13.0.